The van der Waals surface area contributed by atoms with Gasteiger partial charge in [-0.1, -0.05) is 58.3 Å². The van der Waals surface area contributed by atoms with Gasteiger partial charge in [0.1, 0.15) is 0 Å². The third kappa shape index (κ3) is 1.99. The van der Waals surface area contributed by atoms with E-state index in [0.717, 1.165) is 5.56 Å². The summed E-state index contributed by atoms with van der Waals surface area (Å²) in [5.41, 5.74) is 1.11. The standard InChI is InChI=1S/C12H9Br/c13-12-8-4-7-11(9-12)10-5-2-1-3-6-10/h1-9H/i4D,7D,8D,9D. The van der Waals surface area contributed by atoms with Crippen molar-refractivity contribution in [1.82, 2.24) is 0 Å². The zero-order chi connectivity index (χ0) is 12.6. The minimum Gasteiger partial charge on any atom is -0.0622 e. The van der Waals surface area contributed by atoms with Crippen molar-refractivity contribution in [2.24, 2.45) is 0 Å². The Labute approximate surface area is 92.0 Å². The molecular weight excluding hydrogens is 224 g/mol. The molecule has 0 atom stereocenters. The van der Waals surface area contributed by atoms with Gasteiger partial charge in [-0.2, -0.15) is 0 Å². The molecule has 0 aromatic heterocycles. The van der Waals surface area contributed by atoms with Crippen LogP contribution >= 0.6 is 15.9 Å². The van der Waals surface area contributed by atoms with Gasteiger partial charge in [-0.05, 0) is 23.2 Å². The summed E-state index contributed by atoms with van der Waals surface area (Å²) >= 11 is 3.13. The molecule has 0 N–H and O–H groups in total. The molecule has 2 aromatic carbocycles. The molecule has 0 nitrogen and oxygen atoms in total. The van der Waals surface area contributed by atoms with Crippen LogP contribution < -0.4 is 0 Å². The molecule has 0 aliphatic heterocycles. The van der Waals surface area contributed by atoms with Gasteiger partial charge >= 0.3 is 0 Å². The summed E-state index contributed by atoms with van der Waals surface area (Å²) in [6.45, 7) is 0. The fourth-order valence-electron chi connectivity index (χ4n) is 1.07. The van der Waals surface area contributed by atoms with E-state index in [-0.39, 0.29) is 28.6 Å². The minimum absolute atomic E-state index is 0.0746. The van der Waals surface area contributed by atoms with Crippen molar-refractivity contribution in [1.29, 1.82) is 0 Å². The molecule has 0 spiro atoms. The molecule has 0 bridgehead atoms. The first-order valence-electron chi connectivity index (χ1n) is 5.85. The molecule has 2 rings (SSSR count). The van der Waals surface area contributed by atoms with Crippen LogP contribution in [-0.2, 0) is 0 Å². The molecule has 0 fully saturated rings. The summed E-state index contributed by atoms with van der Waals surface area (Å²) in [4.78, 5) is 0. The van der Waals surface area contributed by atoms with E-state index in [1.807, 2.05) is 18.2 Å². The average molecular weight is 237 g/mol. The van der Waals surface area contributed by atoms with Crippen molar-refractivity contribution in [3.05, 3.63) is 59.0 Å². The van der Waals surface area contributed by atoms with Gasteiger partial charge in [0, 0.05) is 4.47 Å². The number of rotatable bonds is 1. The monoisotopic (exact) mass is 236 g/mol. The lowest BCUT2D eigenvalue weighted by molar-refractivity contribution is 1.59. The Kier molecular flexibility index (Phi) is 1.43. The molecule has 64 valence electrons. The third-order valence-corrected chi connectivity index (χ3v) is 2.05. The van der Waals surface area contributed by atoms with Gasteiger partial charge in [0.2, 0.25) is 0 Å². The van der Waals surface area contributed by atoms with Crippen molar-refractivity contribution >= 4 is 15.9 Å². The van der Waals surface area contributed by atoms with Crippen LogP contribution in [0.3, 0.4) is 0 Å². The lowest BCUT2D eigenvalue weighted by atomic mass is 10.1. The molecule has 0 aliphatic carbocycles. The highest BCUT2D eigenvalue weighted by molar-refractivity contribution is 9.10. The Balaban J connectivity index is 2.80. The Hall–Kier alpha value is -1.08. The highest BCUT2D eigenvalue weighted by Crippen LogP contribution is 2.22. The van der Waals surface area contributed by atoms with E-state index < -0.39 is 0 Å². The van der Waals surface area contributed by atoms with E-state index in [9.17, 15) is 0 Å². The topological polar surface area (TPSA) is 0 Å². The predicted molar refractivity (Wildman–Crippen MR) is 59.6 cm³/mol. The Morgan fingerprint density at radius 1 is 1.00 bits per heavy atom. The summed E-state index contributed by atoms with van der Waals surface area (Å²) in [7, 11) is 0. The first-order valence-corrected chi connectivity index (χ1v) is 4.64. The first-order chi connectivity index (χ1) is 8.04. The lowest BCUT2D eigenvalue weighted by Crippen LogP contribution is -1.75. The number of hydrogen-bond donors (Lipinski definition) is 0. The fraction of sp³-hybridized carbons (Fsp3) is 0. The maximum absolute atomic E-state index is 7.94. The molecule has 0 saturated carbocycles. The molecule has 0 saturated heterocycles. The van der Waals surface area contributed by atoms with E-state index in [2.05, 4.69) is 15.9 Å². The van der Waals surface area contributed by atoms with E-state index >= 15 is 0 Å². The maximum atomic E-state index is 7.94. The SMILES string of the molecule is [2H]c1c([2H])c(Br)c([2H])c(-c2ccccc2)c1[2H]. The van der Waals surface area contributed by atoms with Crippen molar-refractivity contribution in [3.8, 4) is 11.1 Å². The number of benzene rings is 2. The lowest BCUT2D eigenvalue weighted by Gasteiger charge is -2.00. The van der Waals surface area contributed by atoms with Crippen LogP contribution in [0.1, 0.15) is 5.48 Å². The van der Waals surface area contributed by atoms with Gasteiger partial charge in [-0.3, -0.25) is 0 Å². The Morgan fingerprint density at radius 3 is 2.54 bits per heavy atom. The predicted octanol–water partition coefficient (Wildman–Crippen LogP) is 4.12. The average Bonchev–Trinajstić information content (AvgIpc) is 2.36. The second-order valence-electron chi connectivity index (χ2n) is 2.56. The van der Waals surface area contributed by atoms with Gasteiger partial charge in [0.05, 0.1) is 5.48 Å². The van der Waals surface area contributed by atoms with Gasteiger partial charge in [-0.25, -0.2) is 0 Å². The van der Waals surface area contributed by atoms with Crippen LogP contribution in [0.2, 0.25) is 0 Å². The van der Waals surface area contributed by atoms with Crippen molar-refractivity contribution in [2.45, 2.75) is 0 Å². The largest absolute Gasteiger partial charge is 0.0641 e. The quantitative estimate of drug-likeness (QED) is 0.699. The Bertz CT molecular complexity index is 537. The van der Waals surface area contributed by atoms with E-state index in [1.165, 1.54) is 0 Å². The third-order valence-electron chi connectivity index (χ3n) is 1.66. The zero-order valence-electron chi connectivity index (χ0n) is 10.8. The molecule has 0 aliphatic rings. The minimum atomic E-state index is -0.160. The van der Waals surface area contributed by atoms with Crippen molar-refractivity contribution < 1.29 is 5.48 Å². The second kappa shape index (κ2) is 3.75. The van der Waals surface area contributed by atoms with Crippen molar-refractivity contribution in [2.75, 3.05) is 0 Å². The summed E-state index contributed by atoms with van der Waals surface area (Å²) in [5.74, 6) is 0. The van der Waals surface area contributed by atoms with Crippen LogP contribution in [0.5, 0.6) is 0 Å². The maximum Gasteiger partial charge on any atom is 0.0641 e. The van der Waals surface area contributed by atoms with Gasteiger partial charge in [0.25, 0.3) is 0 Å². The molecule has 0 heterocycles. The van der Waals surface area contributed by atoms with E-state index in [1.54, 1.807) is 12.1 Å². The van der Waals surface area contributed by atoms with Crippen LogP contribution in [0.15, 0.2) is 59.0 Å². The number of halogens is 1. The molecule has 13 heavy (non-hydrogen) atoms. The van der Waals surface area contributed by atoms with Crippen LogP contribution in [0.4, 0.5) is 0 Å². The summed E-state index contributed by atoms with van der Waals surface area (Å²) < 4.78 is 31.4. The summed E-state index contributed by atoms with van der Waals surface area (Å²) in [6.07, 6.45) is 0. The van der Waals surface area contributed by atoms with Gasteiger partial charge in [0.15, 0.2) is 0 Å². The molecule has 0 amide bonds. The first kappa shape index (κ1) is 4.97. The highest BCUT2D eigenvalue weighted by Gasteiger charge is 1.95. The molecule has 0 unspecified atom stereocenters. The van der Waals surface area contributed by atoms with E-state index in [0.29, 0.717) is 5.56 Å². The number of hydrogen-bond acceptors (Lipinski definition) is 0. The van der Waals surface area contributed by atoms with Gasteiger partial charge in [-0.15, -0.1) is 0 Å². The highest BCUT2D eigenvalue weighted by atomic mass is 79.9. The zero-order valence-corrected chi connectivity index (χ0v) is 8.35. The summed E-state index contributed by atoms with van der Waals surface area (Å²) in [5, 5.41) is 0. The Morgan fingerprint density at radius 2 is 1.77 bits per heavy atom. The van der Waals surface area contributed by atoms with Crippen LogP contribution in [0, 0.1) is 0 Å². The smallest absolute Gasteiger partial charge is 0.0622 e. The molecular formula is C12H9Br. The molecule has 1 heteroatoms. The van der Waals surface area contributed by atoms with Gasteiger partial charge < -0.3 is 0 Å². The van der Waals surface area contributed by atoms with Crippen LogP contribution in [-0.4, -0.2) is 0 Å². The summed E-state index contributed by atoms with van der Waals surface area (Å²) in [6, 6.07) is 8.82. The normalized spacial score (nSPS) is 14.2. The van der Waals surface area contributed by atoms with Crippen LogP contribution in [0.25, 0.3) is 11.1 Å². The fourth-order valence-corrected chi connectivity index (χ4v) is 1.37. The van der Waals surface area contributed by atoms with Crippen molar-refractivity contribution in [3.63, 3.8) is 0 Å². The second-order valence-corrected chi connectivity index (χ2v) is 3.35. The molecule has 0 radical (unpaired) electrons. The van der Waals surface area contributed by atoms with E-state index in [4.69, 9.17) is 5.48 Å². The molecule has 2 aromatic rings.